The summed E-state index contributed by atoms with van der Waals surface area (Å²) in [7, 11) is 1.61. The van der Waals surface area contributed by atoms with Gasteiger partial charge in [0.2, 0.25) is 5.88 Å². The van der Waals surface area contributed by atoms with E-state index < -0.39 is 12.8 Å². The van der Waals surface area contributed by atoms with Gasteiger partial charge in [0.25, 0.3) is 5.91 Å². The monoisotopic (exact) mass is 354 g/mol. The van der Waals surface area contributed by atoms with E-state index in [1.165, 1.54) is 29.7 Å². The minimum atomic E-state index is -4.43. The molecule has 0 radical (unpaired) electrons. The second-order valence-electron chi connectivity index (χ2n) is 5.48. The number of alkyl halides is 3. The standard InChI is InChI=1S/C16H17F3N4O2/c1-10-6-12(7-21-14(10)25-8-16(17,18)19)11(2)23(3)15(24)13-4-5-20-9-22-13/h4-7,9,11H,8H2,1-3H3. The summed E-state index contributed by atoms with van der Waals surface area (Å²) in [4.78, 5) is 25.5. The first-order valence-corrected chi connectivity index (χ1v) is 7.38. The Bertz CT molecular complexity index is 738. The van der Waals surface area contributed by atoms with Crippen molar-refractivity contribution in [3.63, 3.8) is 0 Å². The Morgan fingerprint density at radius 2 is 2.08 bits per heavy atom. The van der Waals surface area contributed by atoms with Crippen LogP contribution in [0.5, 0.6) is 5.88 Å². The van der Waals surface area contributed by atoms with Gasteiger partial charge in [0.1, 0.15) is 12.0 Å². The summed E-state index contributed by atoms with van der Waals surface area (Å²) in [5.74, 6) is -0.386. The summed E-state index contributed by atoms with van der Waals surface area (Å²) >= 11 is 0. The van der Waals surface area contributed by atoms with Gasteiger partial charge in [-0.3, -0.25) is 4.79 Å². The van der Waals surface area contributed by atoms with Crippen molar-refractivity contribution in [2.24, 2.45) is 0 Å². The van der Waals surface area contributed by atoms with Gasteiger partial charge in [-0.15, -0.1) is 0 Å². The first-order chi connectivity index (χ1) is 11.7. The molecule has 2 heterocycles. The summed E-state index contributed by atoms with van der Waals surface area (Å²) in [6.07, 6.45) is -0.279. The number of pyridine rings is 1. The molecule has 0 aliphatic carbocycles. The smallest absolute Gasteiger partial charge is 0.422 e. The summed E-state index contributed by atoms with van der Waals surface area (Å²) in [6.45, 7) is 1.98. The lowest BCUT2D eigenvalue weighted by molar-refractivity contribution is -0.154. The molecule has 2 aromatic heterocycles. The SMILES string of the molecule is Cc1cc(C(C)N(C)C(=O)c2ccncn2)cnc1OCC(F)(F)F. The van der Waals surface area contributed by atoms with E-state index in [2.05, 4.69) is 19.7 Å². The van der Waals surface area contributed by atoms with E-state index in [-0.39, 0.29) is 23.5 Å². The summed E-state index contributed by atoms with van der Waals surface area (Å²) in [5.41, 5.74) is 1.37. The van der Waals surface area contributed by atoms with Crippen LogP contribution < -0.4 is 4.74 Å². The highest BCUT2D eigenvalue weighted by Crippen LogP contribution is 2.25. The Morgan fingerprint density at radius 3 is 2.64 bits per heavy atom. The molecule has 0 aromatic carbocycles. The van der Waals surface area contributed by atoms with E-state index in [0.717, 1.165) is 0 Å². The summed E-state index contributed by atoms with van der Waals surface area (Å²) in [5, 5.41) is 0. The van der Waals surface area contributed by atoms with Gasteiger partial charge in [-0.25, -0.2) is 15.0 Å². The van der Waals surface area contributed by atoms with Gasteiger partial charge in [-0.2, -0.15) is 13.2 Å². The topological polar surface area (TPSA) is 68.2 Å². The zero-order valence-corrected chi connectivity index (χ0v) is 13.9. The first-order valence-electron chi connectivity index (χ1n) is 7.38. The minimum absolute atomic E-state index is 0.0851. The van der Waals surface area contributed by atoms with Gasteiger partial charge in [0, 0.05) is 25.0 Å². The van der Waals surface area contributed by atoms with Crippen LogP contribution in [-0.4, -0.2) is 45.6 Å². The second-order valence-corrected chi connectivity index (χ2v) is 5.48. The third kappa shape index (κ3) is 4.88. The van der Waals surface area contributed by atoms with Crippen molar-refractivity contribution >= 4 is 5.91 Å². The fourth-order valence-corrected chi connectivity index (χ4v) is 2.11. The fraction of sp³-hybridized carbons (Fsp3) is 0.375. The summed E-state index contributed by atoms with van der Waals surface area (Å²) in [6, 6.07) is 2.79. The van der Waals surface area contributed by atoms with Crippen molar-refractivity contribution in [2.45, 2.75) is 26.1 Å². The Morgan fingerprint density at radius 1 is 1.36 bits per heavy atom. The quantitative estimate of drug-likeness (QED) is 0.826. The highest BCUT2D eigenvalue weighted by atomic mass is 19.4. The van der Waals surface area contributed by atoms with Crippen molar-refractivity contribution in [1.82, 2.24) is 19.9 Å². The normalized spacial score (nSPS) is 12.6. The average molecular weight is 354 g/mol. The van der Waals surface area contributed by atoms with Gasteiger partial charge in [0.15, 0.2) is 6.61 Å². The number of ether oxygens (including phenoxy) is 1. The van der Waals surface area contributed by atoms with E-state index in [0.29, 0.717) is 11.1 Å². The maximum Gasteiger partial charge on any atom is 0.422 e. The maximum atomic E-state index is 12.4. The molecule has 25 heavy (non-hydrogen) atoms. The number of nitrogens with zero attached hydrogens (tertiary/aromatic N) is 4. The number of carbonyl (C=O) groups is 1. The van der Waals surface area contributed by atoms with Gasteiger partial charge in [-0.05, 0) is 31.5 Å². The Hall–Kier alpha value is -2.71. The molecule has 0 saturated heterocycles. The molecule has 0 N–H and O–H groups in total. The largest absolute Gasteiger partial charge is 0.468 e. The molecule has 2 aromatic rings. The number of hydrogen-bond donors (Lipinski definition) is 0. The number of aryl methyl sites for hydroxylation is 1. The van der Waals surface area contributed by atoms with Crippen LogP contribution in [0.3, 0.4) is 0 Å². The van der Waals surface area contributed by atoms with Crippen molar-refractivity contribution in [2.75, 3.05) is 13.7 Å². The lowest BCUT2D eigenvalue weighted by atomic mass is 10.1. The molecule has 0 aliphatic heterocycles. The molecule has 6 nitrogen and oxygen atoms in total. The Balaban J connectivity index is 2.12. The highest BCUT2D eigenvalue weighted by Gasteiger charge is 2.29. The van der Waals surface area contributed by atoms with E-state index in [1.807, 2.05) is 0 Å². The third-order valence-corrected chi connectivity index (χ3v) is 3.61. The van der Waals surface area contributed by atoms with E-state index in [1.54, 1.807) is 27.0 Å². The predicted octanol–water partition coefficient (Wildman–Crippen LogP) is 2.95. The van der Waals surface area contributed by atoms with Crippen LogP contribution in [0.25, 0.3) is 0 Å². The number of carbonyl (C=O) groups excluding carboxylic acids is 1. The van der Waals surface area contributed by atoms with Crippen LogP contribution in [0.2, 0.25) is 0 Å². The van der Waals surface area contributed by atoms with Crippen LogP contribution >= 0.6 is 0 Å². The maximum absolute atomic E-state index is 12.4. The average Bonchev–Trinajstić information content (AvgIpc) is 2.58. The highest BCUT2D eigenvalue weighted by molar-refractivity contribution is 5.92. The van der Waals surface area contributed by atoms with Gasteiger partial charge >= 0.3 is 6.18 Å². The Labute approximate surface area is 142 Å². The van der Waals surface area contributed by atoms with Crippen molar-refractivity contribution < 1.29 is 22.7 Å². The van der Waals surface area contributed by atoms with Crippen LogP contribution in [0.1, 0.15) is 34.6 Å². The molecule has 0 bridgehead atoms. The number of rotatable bonds is 5. The third-order valence-electron chi connectivity index (χ3n) is 3.61. The first kappa shape index (κ1) is 18.6. The van der Waals surface area contributed by atoms with Crippen LogP contribution in [0.4, 0.5) is 13.2 Å². The molecule has 134 valence electrons. The van der Waals surface area contributed by atoms with Crippen LogP contribution in [0, 0.1) is 6.92 Å². The minimum Gasteiger partial charge on any atom is -0.468 e. The van der Waals surface area contributed by atoms with E-state index >= 15 is 0 Å². The molecular weight excluding hydrogens is 337 g/mol. The number of aromatic nitrogens is 3. The molecule has 2 rings (SSSR count). The van der Waals surface area contributed by atoms with Gasteiger partial charge in [-0.1, -0.05) is 0 Å². The second kappa shape index (κ2) is 7.45. The van der Waals surface area contributed by atoms with Gasteiger partial charge in [0.05, 0.1) is 6.04 Å². The predicted molar refractivity (Wildman–Crippen MR) is 83.1 cm³/mol. The van der Waals surface area contributed by atoms with Gasteiger partial charge < -0.3 is 9.64 Å². The number of halogens is 3. The zero-order chi connectivity index (χ0) is 18.6. The van der Waals surface area contributed by atoms with Crippen LogP contribution in [-0.2, 0) is 0 Å². The molecule has 1 amide bonds. The number of amides is 1. The molecule has 1 unspecified atom stereocenters. The van der Waals surface area contributed by atoms with E-state index in [9.17, 15) is 18.0 Å². The van der Waals surface area contributed by atoms with Crippen LogP contribution in [0.15, 0.2) is 30.9 Å². The lowest BCUT2D eigenvalue weighted by Crippen LogP contribution is -2.30. The molecule has 0 saturated carbocycles. The molecule has 0 fully saturated rings. The summed E-state index contributed by atoms with van der Waals surface area (Å²) < 4.78 is 41.4. The van der Waals surface area contributed by atoms with Crippen molar-refractivity contribution in [1.29, 1.82) is 0 Å². The fourth-order valence-electron chi connectivity index (χ4n) is 2.11. The zero-order valence-electron chi connectivity index (χ0n) is 13.9. The van der Waals surface area contributed by atoms with E-state index in [4.69, 9.17) is 0 Å². The van der Waals surface area contributed by atoms with Crippen molar-refractivity contribution in [3.05, 3.63) is 47.7 Å². The molecular formula is C16H17F3N4O2. The molecule has 9 heteroatoms. The molecule has 0 aliphatic rings. The lowest BCUT2D eigenvalue weighted by Gasteiger charge is -2.25. The number of hydrogen-bond acceptors (Lipinski definition) is 5. The van der Waals surface area contributed by atoms with Crippen molar-refractivity contribution in [3.8, 4) is 5.88 Å². The Kier molecular flexibility index (Phi) is 5.55. The molecule has 1 atom stereocenters. The molecule has 0 spiro atoms.